The van der Waals surface area contributed by atoms with Gasteiger partial charge in [-0.15, -0.1) is 11.8 Å². The zero-order chi connectivity index (χ0) is 17.6. The number of nitrogens with one attached hydrogen (secondary N) is 1. The lowest BCUT2D eigenvalue weighted by atomic mass is 10.1. The van der Waals surface area contributed by atoms with Gasteiger partial charge >= 0.3 is 0 Å². The van der Waals surface area contributed by atoms with Gasteiger partial charge in [0, 0.05) is 38.8 Å². The molecular weight excluding hydrogens is 396 g/mol. The van der Waals surface area contributed by atoms with Gasteiger partial charge in [-0.05, 0) is 66.6 Å². The molecule has 1 N–H and O–H groups in total. The highest BCUT2D eigenvalue weighted by Crippen LogP contribution is 2.24. The van der Waals surface area contributed by atoms with Crippen molar-refractivity contribution in [2.75, 3.05) is 5.32 Å². The van der Waals surface area contributed by atoms with Crippen molar-refractivity contribution in [1.82, 2.24) is 4.98 Å². The number of halogens is 1. The molecule has 0 saturated carbocycles. The minimum absolute atomic E-state index is 0.103. The van der Waals surface area contributed by atoms with Gasteiger partial charge in [0.15, 0.2) is 0 Å². The van der Waals surface area contributed by atoms with Gasteiger partial charge in [0.1, 0.15) is 0 Å². The molecule has 1 heterocycles. The lowest BCUT2D eigenvalue weighted by molar-refractivity contribution is 0.102. The Morgan fingerprint density at radius 2 is 1.96 bits per heavy atom. The first-order valence-electron chi connectivity index (χ1n) is 7.81. The number of benzene rings is 2. The summed E-state index contributed by atoms with van der Waals surface area (Å²) in [5.74, 6) is 0.756. The molecule has 0 bridgehead atoms. The van der Waals surface area contributed by atoms with E-state index in [2.05, 4.69) is 32.3 Å². The Hall–Kier alpha value is -2.11. The fourth-order valence-corrected chi connectivity index (χ4v) is 3.62. The van der Waals surface area contributed by atoms with Gasteiger partial charge in [-0.25, -0.2) is 0 Å². The van der Waals surface area contributed by atoms with E-state index in [9.17, 15) is 4.79 Å². The number of anilines is 1. The van der Waals surface area contributed by atoms with Crippen LogP contribution in [0.1, 0.15) is 21.5 Å². The molecule has 0 atom stereocenters. The Kier molecular flexibility index (Phi) is 5.89. The summed E-state index contributed by atoms with van der Waals surface area (Å²) >= 11 is 5.15. The first-order valence-corrected chi connectivity index (χ1v) is 9.59. The van der Waals surface area contributed by atoms with E-state index in [-0.39, 0.29) is 5.91 Å². The van der Waals surface area contributed by atoms with Crippen LogP contribution in [-0.2, 0) is 5.75 Å². The second-order valence-corrected chi connectivity index (χ2v) is 7.55. The largest absolute Gasteiger partial charge is 0.322 e. The zero-order valence-corrected chi connectivity index (χ0v) is 16.1. The summed E-state index contributed by atoms with van der Waals surface area (Å²) in [6, 6.07) is 17.5. The fourth-order valence-electron chi connectivity index (χ4n) is 2.31. The third-order valence-electron chi connectivity index (χ3n) is 3.68. The first-order chi connectivity index (χ1) is 12.1. The van der Waals surface area contributed by atoms with E-state index in [1.807, 2.05) is 61.7 Å². The van der Waals surface area contributed by atoms with Crippen LogP contribution in [0.4, 0.5) is 5.69 Å². The van der Waals surface area contributed by atoms with E-state index in [0.717, 1.165) is 26.4 Å². The number of rotatable bonds is 5. The molecule has 0 unspecified atom stereocenters. The summed E-state index contributed by atoms with van der Waals surface area (Å²) in [5.41, 5.74) is 3.67. The van der Waals surface area contributed by atoms with Gasteiger partial charge in [-0.2, -0.15) is 0 Å². The molecule has 0 spiro atoms. The van der Waals surface area contributed by atoms with Crippen LogP contribution in [0.25, 0.3) is 0 Å². The highest BCUT2D eigenvalue weighted by molar-refractivity contribution is 9.10. The second kappa shape index (κ2) is 8.32. The van der Waals surface area contributed by atoms with Crippen molar-refractivity contribution in [2.45, 2.75) is 17.6 Å². The molecule has 5 heteroatoms. The average molecular weight is 413 g/mol. The molecule has 0 fully saturated rings. The molecule has 1 amide bonds. The van der Waals surface area contributed by atoms with Crippen molar-refractivity contribution in [1.29, 1.82) is 0 Å². The van der Waals surface area contributed by atoms with E-state index >= 15 is 0 Å². The lowest BCUT2D eigenvalue weighted by Crippen LogP contribution is -2.12. The number of hydrogen-bond donors (Lipinski definition) is 1. The van der Waals surface area contributed by atoms with Crippen LogP contribution < -0.4 is 5.32 Å². The van der Waals surface area contributed by atoms with Crippen molar-refractivity contribution >= 4 is 39.3 Å². The molecule has 0 aliphatic heterocycles. The number of nitrogens with zero attached hydrogens (tertiary/aromatic N) is 1. The molecule has 2 aromatic carbocycles. The van der Waals surface area contributed by atoms with Crippen molar-refractivity contribution in [3.63, 3.8) is 0 Å². The van der Waals surface area contributed by atoms with Crippen LogP contribution in [0.15, 0.2) is 76.4 Å². The molecule has 126 valence electrons. The fraction of sp³-hybridized carbons (Fsp3) is 0.100. The minimum Gasteiger partial charge on any atom is -0.322 e. The number of aryl methyl sites for hydroxylation is 1. The minimum atomic E-state index is -0.103. The highest BCUT2D eigenvalue weighted by atomic mass is 79.9. The van der Waals surface area contributed by atoms with Gasteiger partial charge in [0.05, 0.1) is 0 Å². The number of carbonyl (C=O) groups excluding carboxylic acids is 1. The summed E-state index contributed by atoms with van der Waals surface area (Å²) in [5, 5.41) is 2.96. The lowest BCUT2D eigenvalue weighted by Gasteiger charge is -2.09. The van der Waals surface area contributed by atoms with Crippen molar-refractivity contribution in [3.05, 3.63) is 88.2 Å². The van der Waals surface area contributed by atoms with E-state index in [1.165, 1.54) is 5.56 Å². The molecule has 3 nitrogen and oxygen atoms in total. The standard InChI is InChI=1S/C20H17BrN2OS/c1-14-11-17(21)6-9-19(14)23-20(24)16-4-7-18(8-5-16)25-13-15-3-2-10-22-12-15/h2-12H,13H2,1H3,(H,23,24). The predicted octanol–water partition coefficient (Wildman–Crippen LogP) is 5.70. The van der Waals surface area contributed by atoms with Crippen LogP contribution in [0.3, 0.4) is 0 Å². The molecule has 3 rings (SSSR count). The molecular formula is C20H17BrN2OS. The van der Waals surface area contributed by atoms with Crippen molar-refractivity contribution < 1.29 is 4.79 Å². The van der Waals surface area contributed by atoms with E-state index in [0.29, 0.717) is 5.56 Å². The van der Waals surface area contributed by atoms with E-state index < -0.39 is 0 Å². The number of carbonyl (C=O) groups is 1. The normalized spacial score (nSPS) is 10.5. The van der Waals surface area contributed by atoms with Gasteiger partial charge in [0.25, 0.3) is 5.91 Å². The van der Waals surface area contributed by atoms with E-state index in [1.54, 1.807) is 18.0 Å². The maximum absolute atomic E-state index is 12.4. The summed E-state index contributed by atoms with van der Waals surface area (Å²) in [6.07, 6.45) is 3.64. The monoisotopic (exact) mass is 412 g/mol. The van der Waals surface area contributed by atoms with Crippen LogP contribution in [0.2, 0.25) is 0 Å². The molecule has 0 radical (unpaired) electrons. The first kappa shape index (κ1) is 17.7. The molecule has 3 aromatic rings. The Morgan fingerprint density at radius 1 is 1.16 bits per heavy atom. The number of aromatic nitrogens is 1. The molecule has 1 aromatic heterocycles. The molecule has 0 aliphatic carbocycles. The van der Waals surface area contributed by atoms with Crippen LogP contribution in [0.5, 0.6) is 0 Å². The van der Waals surface area contributed by atoms with Crippen molar-refractivity contribution in [2.24, 2.45) is 0 Å². The summed E-state index contributed by atoms with van der Waals surface area (Å²) in [7, 11) is 0. The van der Waals surface area contributed by atoms with Gasteiger partial charge in [-0.3, -0.25) is 9.78 Å². The molecule has 0 saturated heterocycles. The van der Waals surface area contributed by atoms with Crippen LogP contribution in [-0.4, -0.2) is 10.9 Å². The maximum atomic E-state index is 12.4. The smallest absolute Gasteiger partial charge is 0.255 e. The Bertz CT molecular complexity index is 867. The summed E-state index contributed by atoms with van der Waals surface area (Å²) in [4.78, 5) is 17.6. The Labute approximate surface area is 160 Å². The maximum Gasteiger partial charge on any atom is 0.255 e. The third-order valence-corrected chi connectivity index (χ3v) is 5.26. The quantitative estimate of drug-likeness (QED) is 0.546. The predicted molar refractivity (Wildman–Crippen MR) is 107 cm³/mol. The van der Waals surface area contributed by atoms with Crippen molar-refractivity contribution in [3.8, 4) is 0 Å². The van der Waals surface area contributed by atoms with Crippen LogP contribution in [0, 0.1) is 6.92 Å². The SMILES string of the molecule is Cc1cc(Br)ccc1NC(=O)c1ccc(SCc2cccnc2)cc1. The average Bonchev–Trinajstić information content (AvgIpc) is 2.63. The molecule has 0 aliphatic rings. The Morgan fingerprint density at radius 3 is 2.64 bits per heavy atom. The molecule has 25 heavy (non-hydrogen) atoms. The topological polar surface area (TPSA) is 42.0 Å². The van der Waals surface area contributed by atoms with Gasteiger partial charge < -0.3 is 5.32 Å². The van der Waals surface area contributed by atoms with E-state index in [4.69, 9.17) is 0 Å². The zero-order valence-electron chi connectivity index (χ0n) is 13.7. The third kappa shape index (κ3) is 4.94. The number of hydrogen-bond acceptors (Lipinski definition) is 3. The Balaban J connectivity index is 1.62. The second-order valence-electron chi connectivity index (χ2n) is 5.59. The van der Waals surface area contributed by atoms with Gasteiger partial charge in [0.2, 0.25) is 0 Å². The van der Waals surface area contributed by atoms with Gasteiger partial charge in [-0.1, -0.05) is 22.0 Å². The number of amides is 1. The summed E-state index contributed by atoms with van der Waals surface area (Å²) in [6.45, 7) is 1.97. The van der Waals surface area contributed by atoms with Crippen LogP contribution >= 0.6 is 27.7 Å². The number of thioether (sulfide) groups is 1. The highest BCUT2D eigenvalue weighted by Gasteiger charge is 2.08. The number of pyridine rings is 1. The summed E-state index contributed by atoms with van der Waals surface area (Å²) < 4.78 is 0.998.